The van der Waals surface area contributed by atoms with E-state index in [1.807, 2.05) is 26.8 Å². The first kappa shape index (κ1) is 18.4. The maximum Gasteiger partial charge on any atom is 0.338 e. The minimum Gasteiger partial charge on any atom is -0.462 e. The largest absolute Gasteiger partial charge is 0.462 e. The molecular weight excluding hydrogens is 334 g/mol. The molecule has 1 unspecified atom stereocenters. The van der Waals surface area contributed by atoms with E-state index >= 15 is 0 Å². The molecule has 0 aromatic heterocycles. The second-order valence-electron chi connectivity index (χ2n) is 8.11. The molecule has 3 rings (SSSR count). The molecule has 26 heavy (non-hydrogen) atoms. The molecule has 1 heterocycles. The summed E-state index contributed by atoms with van der Waals surface area (Å²) in [5.74, 6) is -1.07. The fourth-order valence-electron chi connectivity index (χ4n) is 3.84. The third kappa shape index (κ3) is 4.23. The van der Waals surface area contributed by atoms with Gasteiger partial charge >= 0.3 is 11.9 Å². The van der Waals surface area contributed by atoms with Crippen LogP contribution < -0.4 is 5.32 Å². The normalized spacial score (nSPS) is 27.6. The third-order valence-corrected chi connectivity index (χ3v) is 4.86. The van der Waals surface area contributed by atoms with Gasteiger partial charge in [0.1, 0.15) is 12.2 Å². The summed E-state index contributed by atoms with van der Waals surface area (Å²) in [4.78, 5) is 36.5. The number of carbonyl (C=O) groups excluding carboxylic acids is 3. The van der Waals surface area contributed by atoms with E-state index in [2.05, 4.69) is 5.32 Å². The zero-order valence-corrected chi connectivity index (χ0v) is 15.4. The first-order valence-electron chi connectivity index (χ1n) is 8.99. The molecule has 4 atom stereocenters. The van der Waals surface area contributed by atoms with Crippen molar-refractivity contribution in [2.45, 2.75) is 57.8 Å². The highest BCUT2D eigenvalue weighted by Crippen LogP contribution is 2.44. The van der Waals surface area contributed by atoms with Crippen LogP contribution >= 0.6 is 0 Å². The van der Waals surface area contributed by atoms with Crippen LogP contribution in [0.1, 0.15) is 50.4 Å². The number of fused-ring (bicyclic) bond motifs is 1. The molecule has 2 aliphatic rings. The third-order valence-electron chi connectivity index (χ3n) is 4.86. The van der Waals surface area contributed by atoms with Crippen LogP contribution in [0.2, 0.25) is 0 Å². The van der Waals surface area contributed by atoms with Gasteiger partial charge in [0.05, 0.1) is 12.0 Å². The van der Waals surface area contributed by atoms with E-state index in [-0.39, 0.29) is 48.2 Å². The van der Waals surface area contributed by atoms with Crippen molar-refractivity contribution in [3.8, 4) is 0 Å². The molecular formula is C20H25NO5. The van der Waals surface area contributed by atoms with Crippen molar-refractivity contribution in [2.75, 3.05) is 0 Å². The minimum atomic E-state index is -0.434. The maximum atomic E-state index is 12.4. The number of hydrogen-bond donors (Lipinski definition) is 1. The van der Waals surface area contributed by atoms with Gasteiger partial charge in [-0.05, 0) is 32.9 Å². The van der Waals surface area contributed by atoms with Crippen LogP contribution in [0.3, 0.4) is 0 Å². The number of carbonyl (C=O) groups is 3. The van der Waals surface area contributed by atoms with Gasteiger partial charge in [0, 0.05) is 30.2 Å². The van der Waals surface area contributed by atoms with E-state index in [1.165, 1.54) is 0 Å². The Labute approximate surface area is 153 Å². The number of ether oxygens (including phenoxy) is 2. The summed E-state index contributed by atoms with van der Waals surface area (Å²) in [6, 6.07) is 8.76. The Hall–Kier alpha value is -2.37. The quantitative estimate of drug-likeness (QED) is 0.835. The Morgan fingerprint density at radius 2 is 1.92 bits per heavy atom. The van der Waals surface area contributed by atoms with Crippen molar-refractivity contribution < 1.29 is 23.9 Å². The Kier molecular flexibility index (Phi) is 5.03. The Morgan fingerprint density at radius 3 is 2.58 bits per heavy atom. The number of amides is 1. The van der Waals surface area contributed by atoms with Gasteiger partial charge in [-0.25, -0.2) is 4.79 Å². The molecule has 2 fully saturated rings. The topological polar surface area (TPSA) is 81.7 Å². The minimum absolute atomic E-state index is 0.0817. The summed E-state index contributed by atoms with van der Waals surface area (Å²) in [7, 11) is 0. The van der Waals surface area contributed by atoms with Crippen LogP contribution in [-0.4, -0.2) is 35.6 Å². The smallest absolute Gasteiger partial charge is 0.338 e. The van der Waals surface area contributed by atoms with E-state index in [4.69, 9.17) is 9.47 Å². The highest BCUT2D eigenvalue weighted by molar-refractivity contribution is 5.89. The lowest BCUT2D eigenvalue weighted by atomic mass is 9.88. The molecule has 1 aromatic carbocycles. The summed E-state index contributed by atoms with van der Waals surface area (Å²) < 4.78 is 11.1. The molecule has 1 aliphatic carbocycles. The molecule has 6 nitrogen and oxygen atoms in total. The molecule has 1 N–H and O–H groups in total. The van der Waals surface area contributed by atoms with Gasteiger partial charge in [-0.2, -0.15) is 0 Å². The summed E-state index contributed by atoms with van der Waals surface area (Å²) in [5.41, 5.74) is 0.132. The van der Waals surface area contributed by atoms with Crippen LogP contribution in [-0.2, 0) is 19.1 Å². The van der Waals surface area contributed by atoms with Crippen molar-refractivity contribution in [1.82, 2.24) is 5.32 Å². The van der Waals surface area contributed by atoms with Gasteiger partial charge in [-0.15, -0.1) is 0 Å². The van der Waals surface area contributed by atoms with Gasteiger partial charge in [-0.1, -0.05) is 18.2 Å². The second kappa shape index (κ2) is 7.09. The fourth-order valence-corrected chi connectivity index (χ4v) is 3.84. The van der Waals surface area contributed by atoms with E-state index in [0.717, 1.165) is 0 Å². The van der Waals surface area contributed by atoms with Gasteiger partial charge in [0.15, 0.2) is 0 Å². The number of benzene rings is 1. The summed E-state index contributed by atoms with van der Waals surface area (Å²) in [6.45, 7) is 5.74. The number of nitrogens with one attached hydrogen (secondary N) is 1. The lowest BCUT2D eigenvalue weighted by molar-refractivity contribution is -0.142. The zero-order valence-electron chi connectivity index (χ0n) is 15.4. The average Bonchev–Trinajstić information content (AvgIpc) is 3.04. The monoisotopic (exact) mass is 359 g/mol. The highest BCUT2D eigenvalue weighted by Gasteiger charge is 2.52. The predicted molar refractivity (Wildman–Crippen MR) is 94.3 cm³/mol. The van der Waals surface area contributed by atoms with E-state index in [0.29, 0.717) is 12.0 Å². The lowest BCUT2D eigenvalue weighted by Crippen LogP contribution is -2.42. The molecule has 1 saturated heterocycles. The Morgan fingerprint density at radius 1 is 1.23 bits per heavy atom. The summed E-state index contributed by atoms with van der Waals surface area (Å²) in [5, 5.41) is 2.94. The number of rotatable bonds is 4. The van der Waals surface area contributed by atoms with Gasteiger partial charge in [-0.3, -0.25) is 9.59 Å². The SMILES string of the molecule is CC(C)(C)NC(=O)CC1[C@H]2CC(=O)O[C@H]2C[C@H]1OC(=O)c1ccccc1. The highest BCUT2D eigenvalue weighted by atomic mass is 16.6. The molecule has 1 saturated carbocycles. The van der Waals surface area contributed by atoms with Crippen LogP contribution in [0.15, 0.2) is 30.3 Å². The lowest BCUT2D eigenvalue weighted by Gasteiger charge is -2.26. The average molecular weight is 359 g/mol. The standard InChI is InChI=1S/C20H25NO5/c1-20(2,3)21-17(22)9-13-14-10-18(23)25-15(14)11-16(13)26-19(24)12-7-5-4-6-8-12/h4-8,13-16H,9-11H2,1-3H3,(H,21,22)/t13?,14-,15+,16-/m1/s1. The van der Waals surface area contributed by atoms with Crippen molar-refractivity contribution in [1.29, 1.82) is 0 Å². The maximum absolute atomic E-state index is 12.4. The van der Waals surface area contributed by atoms with Gasteiger partial charge < -0.3 is 14.8 Å². The molecule has 0 radical (unpaired) electrons. The van der Waals surface area contributed by atoms with Crippen LogP contribution in [0.5, 0.6) is 0 Å². The fraction of sp³-hybridized carbons (Fsp3) is 0.550. The van der Waals surface area contributed by atoms with E-state index < -0.39 is 12.1 Å². The summed E-state index contributed by atoms with van der Waals surface area (Å²) >= 11 is 0. The van der Waals surface area contributed by atoms with Crippen molar-refractivity contribution >= 4 is 17.8 Å². The Bertz CT molecular complexity index is 694. The van der Waals surface area contributed by atoms with Crippen molar-refractivity contribution in [3.63, 3.8) is 0 Å². The number of esters is 2. The zero-order chi connectivity index (χ0) is 18.9. The molecule has 1 aromatic rings. The van der Waals surface area contributed by atoms with Crippen LogP contribution in [0, 0.1) is 11.8 Å². The molecule has 0 bridgehead atoms. The number of hydrogen-bond acceptors (Lipinski definition) is 5. The molecule has 1 aliphatic heterocycles. The van der Waals surface area contributed by atoms with Gasteiger partial charge in [0.25, 0.3) is 0 Å². The molecule has 6 heteroatoms. The van der Waals surface area contributed by atoms with Crippen molar-refractivity contribution in [3.05, 3.63) is 35.9 Å². The molecule has 0 spiro atoms. The Balaban J connectivity index is 1.72. The van der Waals surface area contributed by atoms with Crippen LogP contribution in [0.4, 0.5) is 0 Å². The first-order chi connectivity index (χ1) is 12.2. The van der Waals surface area contributed by atoms with E-state index in [1.54, 1.807) is 24.3 Å². The van der Waals surface area contributed by atoms with Gasteiger partial charge in [0.2, 0.25) is 5.91 Å². The second-order valence-corrected chi connectivity index (χ2v) is 8.11. The molecule has 140 valence electrons. The van der Waals surface area contributed by atoms with Crippen LogP contribution in [0.25, 0.3) is 0 Å². The van der Waals surface area contributed by atoms with E-state index in [9.17, 15) is 14.4 Å². The molecule has 1 amide bonds. The first-order valence-corrected chi connectivity index (χ1v) is 8.99. The summed E-state index contributed by atoms with van der Waals surface area (Å²) in [6.07, 6.45) is 0.224. The van der Waals surface area contributed by atoms with Crippen molar-refractivity contribution in [2.24, 2.45) is 11.8 Å². The predicted octanol–water partition coefficient (Wildman–Crippen LogP) is 2.47.